The highest BCUT2D eigenvalue weighted by atomic mass is 14.0. The number of aryl methyl sites for hydroxylation is 1. The largest absolute Gasteiger partial charge is 0.0913 e. The van der Waals surface area contributed by atoms with Crippen molar-refractivity contribution >= 4 is 0 Å². The van der Waals surface area contributed by atoms with Crippen LogP contribution in [-0.2, 0) is 6.42 Å². The van der Waals surface area contributed by atoms with Crippen LogP contribution in [0.5, 0.6) is 0 Å². The van der Waals surface area contributed by atoms with E-state index in [1.807, 2.05) is 0 Å². The van der Waals surface area contributed by atoms with E-state index in [9.17, 15) is 0 Å². The van der Waals surface area contributed by atoms with Gasteiger partial charge in [0.15, 0.2) is 0 Å². The molecule has 0 N–H and O–H groups in total. The second-order valence-electron chi connectivity index (χ2n) is 4.34. The van der Waals surface area contributed by atoms with Crippen LogP contribution in [0.4, 0.5) is 0 Å². The van der Waals surface area contributed by atoms with Crippen molar-refractivity contribution in [2.24, 2.45) is 0 Å². The summed E-state index contributed by atoms with van der Waals surface area (Å²) < 4.78 is 0. The fraction of sp³-hybridized carbons (Fsp3) is 0.222. The summed E-state index contributed by atoms with van der Waals surface area (Å²) in [5, 5.41) is 0. The molecule has 0 aliphatic rings. The predicted molar refractivity (Wildman–Crippen MR) is 81.9 cm³/mol. The first kappa shape index (κ1) is 14.2. The molecule has 2 rings (SSSR count). The maximum atomic E-state index is 2.20. The molecule has 0 heteroatoms. The molecule has 0 amide bonds. The summed E-state index contributed by atoms with van der Waals surface area (Å²) in [6, 6.07) is 17.5. The molecule has 0 bridgehead atoms. The van der Waals surface area contributed by atoms with E-state index in [1.165, 1.54) is 22.3 Å². The van der Waals surface area contributed by atoms with Gasteiger partial charge in [-0.05, 0) is 37.0 Å². The van der Waals surface area contributed by atoms with Gasteiger partial charge in [0.25, 0.3) is 0 Å². The average Bonchev–Trinajstić information content (AvgIpc) is 2.38. The van der Waals surface area contributed by atoms with Crippen molar-refractivity contribution in [3.05, 3.63) is 71.8 Å². The number of hydrogen-bond acceptors (Lipinski definition) is 0. The molecule has 0 fully saturated rings. The minimum absolute atomic E-state index is 0. The van der Waals surface area contributed by atoms with Crippen molar-refractivity contribution in [3.8, 4) is 11.1 Å². The fourth-order valence-electron chi connectivity index (χ4n) is 1.83. The molecule has 0 heterocycles. The molecule has 0 unspecified atom stereocenters. The van der Waals surface area contributed by atoms with Gasteiger partial charge in [-0.1, -0.05) is 73.7 Å². The lowest BCUT2D eigenvalue weighted by Crippen LogP contribution is -1.82. The zero-order valence-corrected chi connectivity index (χ0v) is 10.5. The molecule has 2 aromatic carbocycles. The molecular formula is C18H22. The van der Waals surface area contributed by atoms with E-state index in [0.29, 0.717) is 0 Å². The Morgan fingerprint density at radius 3 is 1.83 bits per heavy atom. The van der Waals surface area contributed by atoms with E-state index < -0.39 is 0 Å². The third-order valence-corrected chi connectivity index (χ3v) is 2.93. The van der Waals surface area contributed by atoms with Gasteiger partial charge in [0.1, 0.15) is 0 Å². The monoisotopic (exact) mass is 238 g/mol. The highest BCUT2D eigenvalue weighted by molar-refractivity contribution is 5.63. The van der Waals surface area contributed by atoms with Crippen LogP contribution in [0, 0.1) is 6.92 Å². The SMILES string of the molecule is C.C/C=C/Cc1ccc(-c2ccc(C)cc2)cc1. The van der Waals surface area contributed by atoms with Gasteiger partial charge in [-0.15, -0.1) is 0 Å². The van der Waals surface area contributed by atoms with Crippen molar-refractivity contribution in [1.82, 2.24) is 0 Å². The Bertz CT molecular complexity index is 487. The Kier molecular flexibility index (Phi) is 5.38. The molecular weight excluding hydrogens is 216 g/mol. The molecule has 0 atom stereocenters. The zero-order chi connectivity index (χ0) is 12.1. The summed E-state index contributed by atoms with van der Waals surface area (Å²) in [6.45, 7) is 4.17. The van der Waals surface area contributed by atoms with Crippen molar-refractivity contribution in [3.63, 3.8) is 0 Å². The van der Waals surface area contributed by atoms with Gasteiger partial charge in [-0.25, -0.2) is 0 Å². The Balaban J connectivity index is 0.00000162. The first-order valence-electron chi connectivity index (χ1n) is 6.07. The second kappa shape index (κ2) is 6.80. The van der Waals surface area contributed by atoms with E-state index in [-0.39, 0.29) is 7.43 Å². The molecule has 0 aliphatic heterocycles. The quantitative estimate of drug-likeness (QED) is 0.627. The molecule has 94 valence electrons. The molecule has 0 saturated carbocycles. The molecule has 0 saturated heterocycles. The van der Waals surface area contributed by atoms with Crippen LogP contribution in [0.3, 0.4) is 0 Å². The van der Waals surface area contributed by atoms with E-state index in [2.05, 4.69) is 74.5 Å². The molecule has 0 spiro atoms. The number of rotatable bonds is 3. The lowest BCUT2D eigenvalue weighted by atomic mass is 10.0. The van der Waals surface area contributed by atoms with Crippen LogP contribution in [-0.4, -0.2) is 0 Å². The summed E-state index contributed by atoms with van der Waals surface area (Å²) in [7, 11) is 0. The van der Waals surface area contributed by atoms with Gasteiger partial charge in [0, 0.05) is 0 Å². The first-order chi connectivity index (χ1) is 8.29. The van der Waals surface area contributed by atoms with Gasteiger partial charge in [-0.2, -0.15) is 0 Å². The third-order valence-electron chi connectivity index (χ3n) is 2.93. The molecule has 0 aliphatic carbocycles. The lowest BCUT2D eigenvalue weighted by Gasteiger charge is -2.03. The zero-order valence-electron chi connectivity index (χ0n) is 10.5. The van der Waals surface area contributed by atoms with E-state index >= 15 is 0 Å². The predicted octanol–water partition coefficient (Wildman–Crippen LogP) is 5.42. The number of allylic oxidation sites excluding steroid dienone is 2. The van der Waals surface area contributed by atoms with Crippen LogP contribution in [0.15, 0.2) is 60.7 Å². The standard InChI is InChI=1S/C17H18.CH4/c1-3-4-5-15-8-12-17(13-9-15)16-10-6-14(2)7-11-16;/h3-4,6-13H,5H2,1-2H3;1H4/b4-3+;. The normalized spacial score (nSPS) is 10.3. The summed E-state index contributed by atoms with van der Waals surface area (Å²) >= 11 is 0. The maximum Gasteiger partial charge on any atom is -0.00976 e. The average molecular weight is 238 g/mol. The van der Waals surface area contributed by atoms with Gasteiger partial charge in [0.05, 0.1) is 0 Å². The minimum Gasteiger partial charge on any atom is -0.0913 e. The summed E-state index contributed by atoms with van der Waals surface area (Å²) in [5.41, 5.74) is 5.24. The van der Waals surface area contributed by atoms with Crippen LogP contribution >= 0.6 is 0 Å². The highest BCUT2D eigenvalue weighted by Crippen LogP contribution is 2.20. The van der Waals surface area contributed by atoms with Crippen LogP contribution in [0.1, 0.15) is 25.5 Å². The van der Waals surface area contributed by atoms with Crippen molar-refractivity contribution in [1.29, 1.82) is 0 Å². The van der Waals surface area contributed by atoms with Gasteiger partial charge in [-0.3, -0.25) is 0 Å². The third kappa shape index (κ3) is 3.59. The Hall–Kier alpha value is -1.82. The molecule has 0 nitrogen and oxygen atoms in total. The van der Waals surface area contributed by atoms with Crippen LogP contribution in [0.2, 0.25) is 0 Å². The van der Waals surface area contributed by atoms with E-state index in [1.54, 1.807) is 0 Å². The van der Waals surface area contributed by atoms with Crippen LogP contribution < -0.4 is 0 Å². The molecule has 2 aromatic rings. The van der Waals surface area contributed by atoms with Gasteiger partial charge in [0.2, 0.25) is 0 Å². The summed E-state index contributed by atoms with van der Waals surface area (Å²) in [6.07, 6.45) is 5.29. The fourth-order valence-corrected chi connectivity index (χ4v) is 1.83. The molecule has 18 heavy (non-hydrogen) atoms. The Morgan fingerprint density at radius 1 is 0.833 bits per heavy atom. The van der Waals surface area contributed by atoms with Crippen molar-refractivity contribution in [2.45, 2.75) is 27.7 Å². The Morgan fingerprint density at radius 2 is 1.33 bits per heavy atom. The van der Waals surface area contributed by atoms with Gasteiger partial charge < -0.3 is 0 Å². The highest BCUT2D eigenvalue weighted by Gasteiger charge is 1.97. The smallest absolute Gasteiger partial charge is 0.00976 e. The maximum absolute atomic E-state index is 2.20. The topological polar surface area (TPSA) is 0 Å². The first-order valence-corrected chi connectivity index (χ1v) is 6.07. The van der Waals surface area contributed by atoms with Gasteiger partial charge >= 0.3 is 0 Å². The van der Waals surface area contributed by atoms with Crippen LogP contribution in [0.25, 0.3) is 11.1 Å². The summed E-state index contributed by atoms with van der Waals surface area (Å²) in [4.78, 5) is 0. The minimum atomic E-state index is 0. The second-order valence-corrected chi connectivity index (χ2v) is 4.34. The van der Waals surface area contributed by atoms with Crippen molar-refractivity contribution < 1.29 is 0 Å². The van der Waals surface area contributed by atoms with Crippen molar-refractivity contribution in [2.75, 3.05) is 0 Å². The number of hydrogen-bond donors (Lipinski definition) is 0. The molecule has 0 radical (unpaired) electrons. The molecule has 0 aromatic heterocycles. The van der Waals surface area contributed by atoms with E-state index in [4.69, 9.17) is 0 Å². The van der Waals surface area contributed by atoms with E-state index in [0.717, 1.165) is 6.42 Å². The lowest BCUT2D eigenvalue weighted by molar-refractivity contribution is 1.26. The Labute approximate surface area is 111 Å². The number of benzene rings is 2. The summed E-state index contributed by atoms with van der Waals surface area (Å²) in [5.74, 6) is 0.